The van der Waals surface area contributed by atoms with Crippen molar-refractivity contribution >= 4 is 17.2 Å². The van der Waals surface area contributed by atoms with E-state index in [0.717, 1.165) is 16.4 Å². The Kier molecular flexibility index (Phi) is 1.94. The molecule has 0 aliphatic carbocycles. The smallest absolute Gasteiger partial charge is 0.143 e. The molecular formula is C8H8N4S. The minimum absolute atomic E-state index is 0.422. The summed E-state index contributed by atoms with van der Waals surface area (Å²) in [6.07, 6.45) is 3.18. The summed E-state index contributed by atoms with van der Waals surface area (Å²) in [6.45, 7) is 1.94. The summed E-state index contributed by atoms with van der Waals surface area (Å²) in [7, 11) is 0. The van der Waals surface area contributed by atoms with Crippen LogP contribution < -0.4 is 5.73 Å². The SMILES string of the molecule is Cc1csc(-c2cncc(N)n2)n1. The molecule has 2 rings (SSSR count). The molecule has 0 aliphatic heterocycles. The van der Waals surface area contributed by atoms with E-state index >= 15 is 0 Å². The maximum atomic E-state index is 5.51. The monoisotopic (exact) mass is 192 g/mol. The Balaban J connectivity index is 2.46. The van der Waals surface area contributed by atoms with E-state index in [1.807, 2.05) is 12.3 Å². The van der Waals surface area contributed by atoms with Gasteiger partial charge in [0.05, 0.1) is 12.4 Å². The van der Waals surface area contributed by atoms with Gasteiger partial charge in [0, 0.05) is 11.1 Å². The Hall–Kier alpha value is -1.49. The molecule has 0 bridgehead atoms. The number of rotatable bonds is 1. The van der Waals surface area contributed by atoms with Crippen LogP contribution >= 0.6 is 11.3 Å². The summed E-state index contributed by atoms with van der Waals surface area (Å²) < 4.78 is 0. The van der Waals surface area contributed by atoms with Gasteiger partial charge < -0.3 is 5.73 Å². The minimum atomic E-state index is 0.422. The van der Waals surface area contributed by atoms with Gasteiger partial charge in [-0.05, 0) is 6.92 Å². The lowest BCUT2D eigenvalue weighted by Gasteiger charge is -1.94. The zero-order chi connectivity index (χ0) is 9.26. The molecular weight excluding hydrogens is 184 g/mol. The van der Waals surface area contributed by atoms with Crippen molar-refractivity contribution in [2.75, 3.05) is 5.73 Å². The highest BCUT2D eigenvalue weighted by molar-refractivity contribution is 7.13. The first-order valence-electron chi connectivity index (χ1n) is 3.76. The number of nitrogen functional groups attached to an aromatic ring is 1. The van der Waals surface area contributed by atoms with Crippen LogP contribution in [0, 0.1) is 6.92 Å². The molecule has 0 saturated carbocycles. The Morgan fingerprint density at radius 3 is 2.77 bits per heavy atom. The molecule has 0 atom stereocenters. The van der Waals surface area contributed by atoms with E-state index in [2.05, 4.69) is 15.0 Å². The summed E-state index contributed by atoms with van der Waals surface area (Å²) in [5, 5.41) is 2.83. The van der Waals surface area contributed by atoms with E-state index in [4.69, 9.17) is 5.73 Å². The molecule has 0 fully saturated rings. The van der Waals surface area contributed by atoms with Gasteiger partial charge in [-0.2, -0.15) is 0 Å². The molecule has 0 spiro atoms. The normalized spacial score (nSPS) is 10.2. The first-order valence-corrected chi connectivity index (χ1v) is 4.64. The van der Waals surface area contributed by atoms with E-state index in [1.54, 1.807) is 17.5 Å². The predicted octanol–water partition coefficient (Wildman–Crippen LogP) is 1.49. The number of thiazole rings is 1. The second-order valence-corrected chi connectivity index (χ2v) is 3.48. The first-order chi connectivity index (χ1) is 6.25. The van der Waals surface area contributed by atoms with Crippen LogP contribution in [0.1, 0.15) is 5.69 Å². The number of hydrogen-bond donors (Lipinski definition) is 1. The van der Waals surface area contributed by atoms with Crippen molar-refractivity contribution < 1.29 is 0 Å². The third-order valence-corrected chi connectivity index (χ3v) is 2.47. The molecule has 0 unspecified atom stereocenters. The fraction of sp³-hybridized carbons (Fsp3) is 0.125. The van der Waals surface area contributed by atoms with Crippen molar-refractivity contribution in [1.82, 2.24) is 15.0 Å². The molecule has 5 heteroatoms. The van der Waals surface area contributed by atoms with Crippen LogP contribution in [0.2, 0.25) is 0 Å². The second kappa shape index (κ2) is 3.10. The number of nitrogens with two attached hydrogens (primary N) is 1. The molecule has 2 heterocycles. The van der Waals surface area contributed by atoms with Crippen LogP contribution in [-0.4, -0.2) is 15.0 Å². The number of nitrogens with zero attached hydrogens (tertiary/aromatic N) is 3. The third-order valence-electron chi connectivity index (χ3n) is 1.49. The van der Waals surface area contributed by atoms with Gasteiger partial charge in [0.15, 0.2) is 0 Å². The van der Waals surface area contributed by atoms with Crippen molar-refractivity contribution in [3.63, 3.8) is 0 Å². The number of aryl methyl sites for hydroxylation is 1. The van der Waals surface area contributed by atoms with Crippen molar-refractivity contribution in [2.45, 2.75) is 6.92 Å². The molecule has 66 valence electrons. The van der Waals surface area contributed by atoms with Crippen molar-refractivity contribution in [1.29, 1.82) is 0 Å². The summed E-state index contributed by atoms with van der Waals surface area (Å²) in [5.41, 5.74) is 7.23. The van der Waals surface area contributed by atoms with Crippen LogP contribution in [0.4, 0.5) is 5.82 Å². The third kappa shape index (κ3) is 1.65. The summed E-state index contributed by atoms with van der Waals surface area (Å²) in [5.74, 6) is 0.422. The highest BCUT2D eigenvalue weighted by Crippen LogP contribution is 2.20. The van der Waals surface area contributed by atoms with Gasteiger partial charge >= 0.3 is 0 Å². The zero-order valence-electron chi connectivity index (χ0n) is 7.06. The van der Waals surface area contributed by atoms with Gasteiger partial charge in [-0.3, -0.25) is 4.98 Å². The fourth-order valence-electron chi connectivity index (χ4n) is 0.956. The highest BCUT2D eigenvalue weighted by atomic mass is 32.1. The van der Waals surface area contributed by atoms with Gasteiger partial charge in [0.2, 0.25) is 0 Å². The Morgan fingerprint density at radius 2 is 2.15 bits per heavy atom. The maximum Gasteiger partial charge on any atom is 0.143 e. The van der Waals surface area contributed by atoms with E-state index in [9.17, 15) is 0 Å². The molecule has 0 radical (unpaired) electrons. The minimum Gasteiger partial charge on any atom is -0.382 e. The topological polar surface area (TPSA) is 64.7 Å². The lowest BCUT2D eigenvalue weighted by atomic mass is 10.4. The molecule has 4 nitrogen and oxygen atoms in total. The van der Waals surface area contributed by atoms with E-state index < -0.39 is 0 Å². The molecule has 0 aromatic carbocycles. The fourth-order valence-corrected chi connectivity index (χ4v) is 1.71. The summed E-state index contributed by atoms with van der Waals surface area (Å²) in [4.78, 5) is 12.4. The maximum absolute atomic E-state index is 5.51. The Labute approximate surface area is 79.5 Å². The van der Waals surface area contributed by atoms with Gasteiger partial charge in [-0.1, -0.05) is 0 Å². The van der Waals surface area contributed by atoms with Crippen LogP contribution in [0.3, 0.4) is 0 Å². The van der Waals surface area contributed by atoms with Gasteiger partial charge in [0.25, 0.3) is 0 Å². The molecule has 13 heavy (non-hydrogen) atoms. The van der Waals surface area contributed by atoms with Crippen LogP contribution in [0.5, 0.6) is 0 Å². The van der Waals surface area contributed by atoms with Crippen molar-refractivity contribution in [3.8, 4) is 10.7 Å². The van der Waals surface area contributed by atoms with Crippen molar-refractivity contribution in [2.24, 2.45) is 0 Å². The molecule has 0 amide bonds. The average molecular weight is 192 g/mol. The summed E-state index contributed by atoms with van der Waals surface area (Å²) >= 11 is 1.54. The van der Waals surface area contributed by atoms with E-state index in [-0.39, 0.29) is 0 Å². The molecule has 2 aromatic rings. The van der Waals surface area contributed by atoms with Gasteiger partial charge in [-0.15, -0.1) is 11.3 Å². The molecule has 2 N–H and O–H groups in total. The lowest BCUT2D eigenvalue weighted by Crippen LogP contribution is -1.93. The largest absolute Gasteiger partial charge is 0.382 e. The van der Waals surface area contributed by atoms with Crippen LogP contribution in [-0.2, 0) is 0 Å². The highest BCUT2D eigenvalue weighted by Gasteiger charge is 2.03. The summed E-state index contributed by atoms with van der Waals surface area (Å²) in [6, 6.07) is 0. The predicted molar refractivity (Wildman–Crippen MR) is 52.3 cm³/mol. The van der Waals surface area contributed by atoms with E-state index in [1.165, 1.54) is 6.20 Å². The van der Waals surface area contributed by atoms with Gasteiger partial charge in [-0.25, -0.2) is 9.97 Å². The lowest BCUT2D eigenvalue weighted by molar-refractivity contribution is 1.19. The standard InChI is InChI=1S/C8H8N4S/c1-5-4-13-8(11-5)6-2-10-3-7(9)12-6/h2-4H,1H3,(H2,9,12). The first kappa shape index (κ1) is 8.12. The number of aromatic nitrogens is 3. The average Bonchev–Trinajstić information content (AvgIpc) is 2.52. The molecule has 0 aliphatic rings. The second-order valence-electron chi connectivity index (χ2n) is 2.62. The molecule has 0 saturated heterocycles. The van der Waals surface area contributed by atoms with E-state index in [0.29, 0.717) is 5.82 Å². The number of hydrogen-bond acceptors (Lipinski definition) is 5. The Morgan fingerprint density at radius 1 is 1.31 bits per heavy atom. The molecule has 2 aromatic heterocycles. The van der Waals surface area contributed by atoms with Crippen LogP contribution in [0.15, 0.2) is 17.8 Å². The van der Waals surface area contributed by atoms with Crippen molar-refractivity contribution in [3.05, 3.63) is 23.5 Å². The van der Waals surface area contributed by atoms with Crippen LogP contribution in [0.25, 0.3) is 10.7 Å². The van der Waals surface area contributed by atoms with Gasteiger partial charge in [0.1, 0.15) is 16.5 Å². The zero-order valence-corrected chi connectivity index (χ0v) is 7.88. The number of anilines is 1. The quantitative estimate of drug-likeness (QED) is 0.743. The Bertz CT molecular complexity index is 424.